The van der Waals surface area contributed by atoms with Gasteiger partial charge in [0.05, 0.1) is 39.6 Å². The number of hydrogen-bond donors (Lipinski definition) is 11. The molecule has 0 aliphatic rings. The van der Waals surface area contributed by atoms with Crippen LogP contribution < -0.4 is 0 Å². The van der Waals surface area contributed by atoms with Crippen molar-refractivity contribution in [3.8, 4) is 0 Å². The standard InChI is InChI=1S/C18H36O2.C18H34O2.3C3H8O3/c2*1-2-3-4-5-6-7-8-9-10-11-12-13-14-15-16-17-18(19)20;3*4-1-3(6)2-5/h2-17H2,1H3,(H,19,20);9-10H,2-8,11-17H2,1H3,(H,19,20);3*3-6H,1-2H2/b;10-9-;;;. The molecule has 13 heteroatoms. The highest BCUT2D eigenvalue weighted by atomic mass is 16.4. The number of aliphatic hydroxyl groups excluding tert-OH is 9. The van der Waals surface area contributed by atoms with E-state index in [9.17, 15) is 9.59 Å². The summed E-state index contributed by atoms with van der Waals surface area (Å²) in [5, 5.41) is 89.1. The van der Waals surface area contributed by atoms with Crippen molar-refractivity contribution in [2.75, 3.05) is 39.6 Å². The van der Waals surface area contributed by atoms with Gasteiger partial charge < -0.3 is 56.2 Å². The van der Waals surface area contributed by atoms with Crippen LogP contribution in [0.1, 0.15) is 206 Å². The Morgan fingerprint density at radius 3 is 0.707 bits per heavy atom. The highest BCUT2D eigenvalue weighted by Crippen LogP contribution is 2.14. The molecule has 13 nitrogen and oxygen atoms in total. The van der Waals surface area contributed by atoms with Crippen molar-refractivity contribution in [1.29, 1.82) is 0 Å². The average molecular weight is 843 g/mol. The number of aliphatic hydroxyl groups is 9. The van der Waals surface area contributed by atoms with Gasteiger partial charge in [-0.25, -0.2) is 0 Å². The molecule has 0 rings (SSSR count). The van der Waals surface area contributed by atoms with Gasteiger partial charge in [0.1, 0.15) is 18.3 Å². The maximum atomic E-state index is 10.3. The third-order valence-electron chi connectivity index (χ3n) is 8.91. The first kappa shape index (κ1) is 65.4. The third kappa shape index (κ3) is 78.6. The van der Waals surface area contributed by atoms with E-state index in [1.807, 2.05) is 0 Å². The molecule has 0 atom stereocenters. The zero-order chi connectivity index (χ0) is 44.8. The van der Waals surface area contributed by atoms with Gasteiger partial charge in [-0.1, -0.05) is 167 Å². The normalized spacial score (nSPS) is 10.7. The van der Waals surface area contributed by atoms with Crippen molar-refractivity contribution in [3.63, 3.8) is 0 Å². The molecule has 0 aromatic rings. The van der Waals surface area contributed by atoms with Crippen molar-refractivity contribution in [2.45, 2.75) is 225 Å². The predicted molar refractivity (Wildman–Crippen MR) is 235 cm³/mol. The minimum absolute atomic E-state index is 0.332. The first-order chi connectivity index (χ1) is 28.0. The van der Waals surface area contributed by atoms with E-state index >= 15 is 0 Å². The number of carboxylic acid groups (broad SMARTS) is 2. The van der Waals surface area contributed by atoms with Gasteiger partial charge in [-0.2, -0.15) is 0 Å². The summed E-state index contributed by atoms with van der Waals surface area (Å²) in [5.41, 5.74) is 0. The van der Waals surface area contributed by atoms with Gasteiger partial charge in [-0.05, 0) is 38.5 Å². The zero-order valence-corrected chi connectivity index (χ0v) is 37.1. The second kappa shape index (κ2) is 62.0. The van der Waals surface area contributed by atoms with Crippen LogP contribution in [0.2, 0.25) is 0 Å². The Hall–Kier alpha value is -1.68. The quantitative estimate of drug-likeness (QED) is 0.0215. The van der Waals surface area contributed by atoms with Gasteiger partial charge >= 0.3 is 11.9 Å². The molecule has 0 saturated carbocycles. The number of aliphatic carboxylic acids is 2. The molecule has 0 radical (unpaired) electrons. The highest BCUT2D eigenvalue weighted by molar-refractivity contribution is 5.66. The number of carbonyl (C=O) groups is 2. The lowest BCUT2D eigenvalue weighted by atomic mass is 10.0. The summed E-state index contributed by atoms with van der Waals surface area (Å²) in [6.07, 6.45) is 38.6. The maximum absolute atomic E-state index is 10.3. The number of rotatable bonds is 37. The summed E-state index contributed by atoms with van der Waals surface area (Å²) in [5.74, 6) is -1.32. The molecule has 0 aliphatic carbocycles. The monoisotopic (exact) mass is 843 g/mol. The van der Waals surface area contributed by atoms with Crippen molar-refractivity contribution in [3.05, 3.63) is 12.2 Å². The molecular formula is C45H94O13. The third-order valence-corrected chi connectivity index (χ3v) is 8.91. The Kier molecular flexibility index (Phi) is 69.9. The first-order valence-corrected chi connectivity index (χ1v) is 22.7. The molecule has 0 unspecified atom stereocenters. The van der Waals surface area contributed by atoms with E-state index in [1.165, 1.54) is 154 Å². The lowest BCUT2D eigenvalue weighted by molar-refractivity contribution is -0.138. The second-order valence-corrected chi connectivity index (χ2v) is 14.9. The van der Waals surface area contributed by atoms with E-state index in [-0.39, 0.29) is 39.6 Å². The molecule has 0 bridgehead atoms. The van der Waals surface area contributed by atoms with Crippen molar-refractivity contribution in [2.24, 2.45) is 0 Å². The van der Waals surface area contributed by atoms with Crippen LogP contribution in [0.3, 0.4) is 0 Å². The van der Waals surface area contributed by atoms with Crippen molar-refractivity contribution < 1.29 is 65.8 Å². The minimum Gasteiger partial charge on any atom is -0.481 e. The summed E-state index contributed by atoms with van der Waals surface area (Å²) in [6, 6.07) is 0. The minimum atomic E-state index is -0.954. The Morgan fingerprint density at radius 1 is 0.345 bits per heavy atom. The van der Waals surface area contributed by atoms with Crippen LogP contribution in [0.5, 0.6) is 0 Å². The fraction of sp³-hybridized carbons (Fsp3) is 0.911. The molecule has 0 spiro atoms. The lowest BCUT2D eigenvalue weighted by Gasteiger charge is -2.03. The van der Waals surface area contributed by atoms with E-state index in [1.54, 1.807) is 0 Å². The number of hydrogen-bond acceptors (Lipinski definition) is 11. The van der Waals surface area contributed by atoms with E-state index in [4.69, 9.17) is 56.2 Å². The Balaban J connectivity index is -0.000000228. The SMILES string of the molecule is CCCCCCCC/C=C\CCCCCCCC(=O)O.CCCCCCCCCCCCCCCCCC(=O)O.OCC(O)CO.OCC(O)CO.OCC(O)CO. The molecule has 0 heterocycles. The van der Waals surface area contributed by atoms with Crippen LogP contribution >= 0.6 is 0 Å². The molecule has 0 aromatic carbocycles. The molecule has 0 aromatic heterocycles. The fourth-order valence-corrected chi connectivity index (χ4v) is 5.17. The molecule has 352 valence electrons. The molecule has 0 amide bonds. The smallest absolute Gasteiger partial charge is 0.303 e. The van der Waals surface area contributed by atoms with Gasteiger partial charge in [0.15, 0.2) is 0 Å². The summed E-state index contributed by atoms with van der Waals surface area (Å²) < 4.78 is 0. The zero-order valence-electron chi connectivity index (χ0n) is 37.1. The van der Waals surface area contributed by atoms with E-state index in [2.05, 4.69) is 26.0 Å². The van der Waals surface area contributed by atoms with Gasteiger partial charge in [-0.15, -0.1) is 0 Å². The van der Waals surface area contributed by atoms with Crippen LogP contribution in [0.25, 0.3) is 0 Å². The number of allylic oxidation sites excluding steroid dienone is 2. The van der Waals surface area contributed by atoms with Gasteiger partial charge in [0.2, 0.25) is 0 Å². The van der Waals surface area contributed by atoms with Crippen molar-refractivity contribution >= 4 is 11.9 Å². The molecule has 58 heavy (non-hydrogen) atoms. The second-order valence-electron chi connectivity index (χ2n) is 14.9. The fourth-order valence-electron chi connectivity index (χ4n) is 5.17. The van der Waals surface area contributed by atoms with Gasteiger partial charge in [0.25, 0.3) is 0 Å². The summed E-state index contributed by atoms with van der Waals surface area (Å²) in [6.45, 7) is 2.34. The van der Waals surface area contributed by atoms with Gasteiger partial charge in [0, 0.05) is 12.8 Å². The maximum Gasteiger partial charge on any atom is 0.303 e. The molecule has 0 aliphatic heterocycles. The van der Waals surface area contributed by atoms with Crippen LogP contribution in [-0.2, 0) is 9.59 Å². The van der Waals surface area contributed by atoms with Gasteiger partial charge in [-0.3, -0.25) is 9.59 Å². The Labute approximate surface area is 353 Å². The van der Waals surface area contributed by atoms with Crippen LogP contribution in [0.4, 0.5) is 0 Å². The Bertz CT molecular complexity index is 735. The molecule has 0 fully saturated rings. The van der Waals surface area contributed by atoms with Crippen LogP contribution in [0, 0.1) is 0 Å². The summed E-state index contributed by atoms with van der Waals surface area (Å²) >= 11 is 0. The van der Waals surface area contributed by atoms with E-state index in [0.29, 0.717) is 12.8 Å². The predicted octanol–water partition coefficient (Wildman–Crippen LogP) is 7.44. The molecule has 11 N–H and O–H groups in total. The summed E-state index contributed by atoms with van der Waals surface area (Å²) in [7, 11) is 0. The molecule has 0 saturated heterocycles. The van der Waals surface area contributed by atoms with Crippen LogP contribution in [0.15, 0.2) is 12.2 Å². The lowest BCUT2D eigenvalue weighted by Crippen LogP contribution is -2.15. The van der Waals surface area contributed by atoms with Crippen LogP contribution in [-0.4, -0.2) is 126 Å². The molecular weight excluding hydrogens is 748 g/mol. The average Bonchev–Trinajstić information content (AvgIpc) is 3.23. The summed E-state index contributed by atoms with van der Waals surface area (Å²) in [4.78, 5) is 20.7. The highest BCUT2D eigenvalue weighted by Gasteiger charge is 1.99. The Morgan fingerprint density at radius 2 is 0.534 bits per heavy atom. The number of unbranched alkanes of at least 4 members (excludes halogenated alkanes) is 25. The largest absolute Gasteiger partial charge is 0.481 e. The van der Waals surface area contributed by atoms with Crippen molar-refractivity contribution in [1.82, 2.24) is 0 Å². The topological polar surface area (TPSA) is 257 Å². The number of carboxylic acids is 2. The first-order valence-electron chi connectivity index (χ1n) is 22.7. The van der Waals surface area contributed by atoms with E-state index < -0.39 is 30.3 Å². The van der Waals surface area contributed by atoms with E-state index in [0.717, 1.165) is 25.7 Å².